The second-order valence-electron chi connectivity index (χ2n) is 4.25. The zero-order chi connectivity index (χ0) is 13.9. The van der Waals surface area contributed by atoms with E-state index in [2.05, 4.69) is 27.3 Å². The Labute approximate surface area is 127 Å². The minimum absolute atomic E-state index is 0.276. The number of aryl methyl sites for hydroxylation is 1. The van der Waals surface area contributed by atoms with E-state index in [1.54, 1.807) is 30.3 Å². The van der Waals surface area contributed by atoms with E-state index in [1.165, 1.54) is 0 Å². The van der Waals surface area contributed by atoms with Gasteiger partial charge >= 0.3 is 0 Å². The Balaban J connectivity index is 2.28. The van der Waals surface area contributed by atoms with Gasteiger partial charge in [0, 0.05) is 10.1 Å². The number of anilines is 1. The van der Waals surface area contributed by atoms with Crippen LogP contribution in [0, 0.1) is 6.92 Å². The number of rotatable bonds is 4. The SMILES string of the molecule is Cc1ccc(S(=O)(=O)Nc2cccc(CI)c2)cc1. The smallest absolute Gasteiger partial charge is 0.261 e. The zero-order valence-corrected chi connectivity index (χ0v) is 13.4. The van der Waals surface area contributed by atoms with Gasteiger partial charge in [0.05, 0.1) is 4.90 Å². The number of sulfonamides is 1. The third-order valence-corrected chi connectivity index (χ3v) is 4.94. The largest absolute Gasteiger partial charge is 0.280 e. The van der Waals surface area contributed by atoms with Crippen molar-refractivity contribution in [3.63, 3.8) is 0 Å². The van der Waals surface area contributed by atoms with Crippen LogP contribution in [0.1, 0.15) is 11.1 Å². The van der Waals surface area contributed by atoms with Crippen molar-refractivity contribution < 1.29 is 8.42 Å². The molecule has 0 aromatic heterocycles. The molecule has 3 nitrogen and oxygen atoms in total. The lowest BCUT2D eigenvalue weighted by Gasteiger charge is -2.09. The third-order valence-electron chi connectivity index (χ3n) is 2.66. The predicted octanol–water partition coefficient (Wildman–Crippen LogP) is 3.73. The van der Waals surface area contributed by atoms with Crippen molar-refractivity contribution in [3.05, 3.63) is 59.7 Å². The van der Waals surface area contributed by atoms with Gasteiger partial charge in [-0.05, 0) is 36.8 Å². The van der Waals surface area contributed by atoms with E-state index in [9.17, 15) is 8.42 Å². The predicted molar refractivity (Wildman–Crippen MR) is 86.2 cm³/mol. The topological polar surface area (TPSA) is 46.2 Å². The normalized spacial score (nSPS) is 11.3. The summed E-state index contributed by atoms with van der Waals surface area (Å²) < 4.78 is 27.8. The first-order chi connectivity index (χ1) is 9.01. The fourth-order valence-corrected chi connectivity index (χ4v) is 3.17. The fourth-order valence-electron chi connectivity index (χ4n) is 1.65. The number of hydrogen-bond acceptors (Lipinski definition) is 2. The summed E-state index contributed by atoms with van der Waals surface area (Å²) in [4.78, 5) is 0.276. The molecule has 0 bridgehead atoms. The van der Waals surface area contributed by atoms with Crippen LogP contribution in [-0.2, 0) is 14.5 Å². The van der Waals surface area contributed by atoms with Crippen LogP contribution in [0.4, 0.5) is 5.69 Å². The highest BCUT2D eigenvalue weighted by atomic mass is 127. The Bertz CT molecular complexity index is 666. The average molecular weight is 387 g/mol. The molecule has 2 aromatic carbocycles. The standard InChI is InChI=1S/C14H14INO2S/c1-11-5-7-14(8-6-11)19(17,18)16-13-4-2-3-12(9-13)10-15/h2-9,16H,10H2,1H3. The zero-order valence-electron chi connectivity index (χ0n) is 10.4. The summed E-state index contributed by atoms with van der Waals surface area (Å²) in [6.45, 7) is 1.92. The lowest BCUT2D eigenvalue weighted by atomic mass is 10.2. The van der Waals surface area contributed by atoms with Crippen LogP contribution in [0.3, 0.4) is 0 Å². The molecule has 1 N–H and O–H groups in total. The van der Waals surface area contributed by atoms with Crippen molar-refractivity contribution in [1.82, 2.24) is 0 Å². The molecule has 0 saturated carbocycles. The molecule has 5 heteroatoms. The molecule has 0 fully saturated rings. The molecule has 0 amide bonds. The maximum atomic E-state index is 12.2. The molecular weight excluding hydrogens is 373 g/mol. The van der Waals surface area contributed by atoms with Crippen LogP contribution in [-0.4, -0.2) is 8.42 Å². The van der Waals surface area contributed by atoms with Crippen molar-refractivity contribution in [2.45, 2.75) is 16.2 Å². The number of hydrogen-bond donors (Lipinski definition) is 1. The Morgan fingerprint density at radius 3 is 2.42 bits per heavy atom. The second kappa shape index (κ2) is 5.92. The Morgan fingerprint density at radius 2 is 1.79 bits per heavy atom. The molecule has 2 rings (SSSR count). The summed E-state index contributed by atoms with van der Waals surface area (Å²) in [5.41, 5.74) is 2.71. The maximum absolute atomic E-state index is 12.2. The van der Waals surface area contributed by atoms with Crippen molar-refractivity contribution in [3.8, 4) is 0 Å². The van der Waals surface area contributed by atoms with Gasteiger partial charge in [-0.1, -0.05) is 52.4 Å². The molecular formula is C14H14INO2S. The van der Waals surface area contributed by atoms with E-state index in [0.717, 1.165) is 15.6 Å². The van der Waals surface area contributed by atoms with Gasteiger partial charge in [0.25, 0.3) is 10.0 Å². The molecule has 0 saturated heterocycles. The van der Waals surface area contributed by atoms with Crippen LogP contribution >= 0.6 is 22.6 Å². The van der Waals surface area contributed by atoms with Gasteiger partial charge in [-0.15, -0.1) is 0 Å². The van der Waals surface area contributed by atoms with Crippen molar-refractivity contribution in [1.29, 1.82) is 0 Å². The molecule has 19 heavy (non-hydrogen) atoms. The highest BCUT2D eigenvalue weighted by Gasteiger charge is 2.13. The van der Waals surface area contributed by atoms with Gasteiger partial charge in [0.2, 0.25) is 0 Å². The Morgan fingerprint density at radius 1 is 1.11 bits per heavy atom. The Kier molecular flexibility index (Phi) is 4.46. The molecule has 0 aliphatic rings. The van der Waals surface area contributed by atoms with Gasteiger partial charge in [-0.25, -0.2) is 8.42 Å². The molecule has 0 atom stereocenters. The highest BCUT2D eigenvalue weighted by Crippen LogP contribution is 2.18. The van der Waals surface area contributed by atoms with Gasteiger partial charge in [0.15, 0.2) is 0 Å². The minimum Gasteiger partial charge on any atom is -0.280 e. The lowest BCUT2D eigenvalue weighted by Crippen LogP contribution is -2.12. The Hall–Kier alpha value is -1.08. The van der Waals surface area contributed by atoms with Gasteiger partial charge < -0.3 is 0 Å². The maximum Gasteiger partial charge on any atom is 0.261 e. The molecule has 0 heterocycles. The van der Waals surface area contributed by atoms with Crippen molar-refractivity contribution in [2.75, 3.05) is 4.72 Å². The fraction of sp³-hybridized carbons (Fsp3) is 0.143. The first-order valence-corrected chi connectivity index (χ1v) is 8.76. The summed E-state index contributed by atoms with van der Waals surface area (Å²) in [5.74, 6) is 0. The highest BCUT2D eigenvalue weighted by molar-refractivity contribution is 14.1. The van der Waals surface area contributed by atoms with E-state index in [0.29, 0.717) is 5.69 Å². The quantitative estimate of drug-likeness (QED) is 0.642. The van der Waals surface area contributed by atoms with Crippen LogP contribution in [0.5, 0.6) is 0 Å². The third kappa shape index (κ3) is 3.70. The van der Waals surface area contributed by atoms with Crippen LogP contribution in [0.25, 0.3) is 0 Å². The van der Waals surface area contributed by atoms with Crippen LogP contribution in [0.15, 0.2) is 53.4 Å². The summed E-state index contributed by atoms with van der Waals surface area (Å²) in [6.07, 6.45) is 0. The molecule has 2 aromatic rings. The van der Waals surface area contributed by atoms with Crippen molar-refractivity contribution in [2.24, 2.45) is 0 Å². The number of alkyl halides is 1. The summed E-state index contributed by atoms with van der Waals surface area (Å²) in [5, 5.41) is 0. The van der Waals surface area contributed by atoms with E-state index >= 15 is 0 Å². The minimum atomic E-state index is -3.51. The van der Waals surface area contributed by atoms with E-state index in [-0.39, 0.29) is 4.90 Å². The van der Waals surface area contributed by atoms with Crippen LogP contribution in [0.2, 0.25) is 0 Å². The molecule has 0 unspecified atom stereocenters. The average Bonchev–Trinajstić information content (AvgIpc) is 2.39. The summed E-state index contributed by atoms with van der Waals surface area (Å²) in [6, 6.07) is 14.2. The lowest BCUT2D eigenvalue weighted by molar-refractivity contribution is 0.601. The second-order valence-corrected chi connectivity index (χ2v) is 6.70. The van der Waals surface area contributed by atoms with Gasteiger partial charge in [0.1, 0.15) is 0 Å². The van der Waals surface area contributed by atoms with Crippen LogP contribution < -0.4 is 4.72 Å². The van der Waals surface area contributed by atoms with Crippen molar-refractivity contribution >= 4 is 38.3 Å². The number of benzene rings is 2. The molecule has 0 aliphatic carbocycles. The van der Waals surface area contributed by atoms with Gasteiger partial charge in [-0.3, -0.25) is 4.72 Å². The molecule has 0 radical (unpaired) electrons. The molecule has 100 valence electrons. The number of nitrogens with one attached hydrogen (secondary N) is 1. The molecule has 0 spiro atoms. The number of halogens is 1. The van der Waals surface area contributed by atoms with E-state index in [1.807, 2.05) is 25.1 Å². The van der Waals surface area contributed by atoms with E-state index in [4.69, 9.17) is 0 Å². The van der Waals surface area contributed by atoms with E-state index < -0.39 is 10.0 Å². The van der Waals surface area contributed by atoms with Gasteiger partial charge in [-0.2, -0.15) is 0 Å². The first kappa shape index (κ1) is 14.3. The summed E-state index contributed by atoms with van der Waals surface area (Å²) in [7, 11) is -3.51. The first-order valence-electron chi connectivity index (χ1n) is 5.76. The molecule has 0 aliphatic heterocycles. The monoisotopic (exact) mass is 387 g/mol. The summed E-state index contributed by atoms with van der Waals surface area (Å²) >= 11 is 2.25.